The van der Waals surface area contributed by atoms with Crippen LogP contribution in [0.15, 0.2) is 22.9 Å². The smallest absolute Gasteiger partial charge is 0.228 e. The first-order valence-corrected chi connectivity index (χ1v) is 6.56. The Morgan fingerprint density at radius 1 is 1.56 bits per heavy atom. The molecule has 0 amide bonds. The molecule has 0 spiro atoms. The van der Waals surface area contributed by atoms with Gasteiger partial charge < -0.3 is 14.8 Å². The van der Waals surface area contributed by atoms with Gasteiger partial charge in [0.2, 0.25) is 11.7 Å². The van der Waals surface area contributed by atoms with Gasteiger partial charge in [0.1, 0.15) is 0 Å². The fraction of sp³-hybridized carbons (Fsp3) is 0.538. The highest BCUT2D eigenvalue weighted by molar-refractivity contribution is 5.47. The van der Waals surface area contributed by atoms with Gasteiger partial charge in [-0.3, -0.25) is 0 Å². The normalized spacial score (nSPS) is 16.9. The van der Waals surface area contributed by atoms with Gasteiger partial charge in [-0.15, -0.1) is 0 Å². The van der Waals surface area contributed by atoms with Gasteiger partial charge in [0.25, 0.3) is 0 Å². The monoisotopic (exact) mass is 246 g/mol. The molecule has 1 atom stereocenters. The van der Waals surface area contributed by atoms with Crippen molar-refractivity contribution >= 4 is 0 Å². The van der Waals surface area contributed by atoms with Crippen molar-refractivity contribution < 1.29 is 4.52 Å². The third kappa shape index (κ3) is 2.46. The molecule has 0 aromatic carbocycles. The first-order chi connectivity index (χ1) is 8.86. The summed E-state index contributed by atoms with van der Waals surface area (Å²) >= 11 is 0. The van der Waals surface area contributed by atoms with Crippen LogP contribution in [-0.4, -0.2) is 27.7 Å². The lowest BCUT2D eigenvalue weighted by molar-refractivity contribution is 0.348. The molecule has 18 heavy (non-hydrogen) atoms. The van der Waals surface area contributed by atoms with E-state index >= 15 is 0 Å². The molecule has 0 saturated heterocycles. The second-order valence-electron chi connectivity index (χ2n) is 4.80. The second kappa shape index (κ2) is 4.94. The predicted octanol–water partition coefficient (Wildman–Crippen LogP) is 2.00. The number of aromatic amines is 1. The van der Waals surface area contributed by atoms with Crippen molar-refractivity contribution in [3.8, 4) is 11.5 Å². The summed E-state index contributed by atoms with van der Waals surface area (Å²) in [6.45, 7) is 3.12. The van der Waals surface area contributed by atoms with Gasteiger partial charge >= 0.3 is 0 Å². The zero-order chi connectivity index (χ0) is 12.4. The SMILES string of the molecule is CCNC(Cc1nc(-c2ccc[nH]2)no1)C1CC1. The van der Waals surface area contributed by atoms with E-state index in [1.807, 2.05) is 18.3 Å². The average molecular weight is 246 g/mol. The van der Waals surface area contributed by atoms with Crippen molar-refractivity contribution in [2.24, 2.45) is 5.92 Å². The van der Waals surface area contributed by atoms with E-state index in [0.717, 1.165) is 30.5 Å². The highest BCUT2D eigenvalue weighted by atomic mass is 16.5. The molecule has 1 aliphatic carbocycles. The predicted molar refractivity (Wildman–Crippen MR) is 68.0 cm³/mol. The van der Waals surface area contributed by atoms with Crippen molar-refractivity contribution in [1.29, 1.82) is 0 Å². The number of nitrogens with one attached hydrogen (secondary N) is 2. The number of likely N-dealkylation sites (N-methyl/N-ethyl adjacent to an activating group) is 1. The Morgan fingerprint density at radius 3 is 3.11 bits per heavy atom. The van der Waals surface area contributed by atoms with Gasteiger partial charge in [-0.1, -0.05) is 12.1 Å². The molecule has 1 fully saturated rings. The standard InChI is InChI=1S/C13H18N4O/c1-2-14-11(9-5-6-9)8-12-16-13(17-18-12)10-4-3-7-15-10/h3-4,7,9,11,14-15H,2,5-6,8H2,1H3. The fourth-order valence-corrected chi connectivity index (χ4v) is 2.27. The lowest BCUT2D eigenvalue weighted by Crippen LogP contribution is -2.33. The summed E-state index contributed by atoms with van der Waals surface area (Å²) in [5, 5.41) is 7.51. The highest BCUT2D eigenvalue weighted by Gasteiger charge is 2.31. The zero-order valence-corrected chi connectivity index (χ0v) is 10.5. The van der Waals surface area contributed by atoms with E-state index in [2.05, 4.69) is 27.4 Å². The first-order valence-electron chi connectivity index (χ1n) is 6.56. The van der Waals surface area contributed by atoms with Crippen LogP contribution in [0.3, 0.4) is 0 Å². The summed E-state index contributed by atoms with van der Waals surface area (Å²) in [5.41, 5.74) is 0.899. The molecule has 5 heteroatoms. The van der Waals surface area contributed by atoms with Gasteiger partial charge in [0, 0.05) is 18.7 Å². The van der Waals surface area contributed by atoms with Crippen molar-refractivity contribution in [2.45, 2.75) is 32.2 Å². The maximum Gasteiger partial charge on any atom is 0.228 e. The summed E-state index contributed by atoms with van der Waals surface area (Å²) in [4.78, 5) is 7.52. The summed E-state index contributed by atoms with van der Waals surface area (Å²) < 4.78 is 5.32. The largest absolute Gasteiger partial charge is 0.359 e. The Balaban J connectivity index is 1.69. The number of rotatable bonds is 6. The second-order valence-corrected chi connectivity index (χ2v) is 4.80. The Labute approximate surface area is 106 Å². The first kappa shape index (κ1) is 11.5. The summed E-state index contributed by atoms with van der Waals surface area (Å²) in [6, 6.07) is 4.35. The van der Waals surface area contributed by atoms with Crippen LogP contribution in [0, 0.1) is 5.92 Å². The van der Waals surface area contributed by atoms with Crippen LogP contribution >= 0.6 is 0 Å². The number of hydrogen-bond donors (Lipinski definition) is 2. The van der Waals surface area contributed by atoms with Crippen LogP contribution in [0.2, 0.25) is 0 Å². The third-order valence-corrected chi connectivity index (χ3v) is 3.36. The molecular formula is C13H18N4O. The zero-order valence-electron chi connectivity index (χ0n) is 10.5. The summed E-state index contributed by atoms with van der Waals surface area (Å²) in [7, 11) is 0. The molecule has 0 aliphatic heterocycles. The Kier molecular flexibility index (Phi) is 3.15. The minimum absolute atomic E-state index is 0.479. The molecule has 1 aliphatic rings. The topological polar surface area (TPSA) is 66.7 Å². The molecule has 2 heterocycles. The van der Waals surface area contributed by atoms with E-state index in [1.54, 1.807) is 0 Å². The van der Waals surface area contributed by atoms with Crippen LogP contribution in [0.4, 0.5) is 0 Å². The number of hydrogen-bond acceptors (Lipinski definition) is 4. The molecular weight excluding hydrogens is 228 g/mol. The minimum atomic E-state index is 0.479. The number of H-pyrrole nitrogens is 1. The molecule has 2 N–H and O–H groups in total. The van der Waals surface area contributed by atoms with Crippen LogP contribution in [0.1, 0.15) is 25.7 Å². The van der Waals surface area contributed by atoms with Gasteiger partial charge in [0.15, 0.2) is 0 Å². The third-order valence-electron chi connectivity index (χ3n) is 3.36. The highest BCUT2D eigenvalue weighted by Crippen LogP contribution is 2.34. The molecule has 0 radical (unpaired) electrons. The Morgan fingerprint density at radius 2 is 2.44 bits per heavy atom. The molecule has 0 bridgehead atoms. The molecule has 2 aromatic rings. The van der Waals surface area contributed by atoms with Crippen molar-refractivity contribution in [2.75, 3.05) is 6.54 Å². The quantitative estimate of drug-likeness (QED) is 0.818. The van der Waals surface area contributed by atoms with Crippen LogP contribution in [0.5, 0.6) is 0 Å². The molecule has 5 nitrogen and oxygen atoms in total. The van der Waals surface area contributed by atoms with E-state index in [1.165, 1.54) is 12.8 Å². The van der Waals surface area contributed by atoms with Crippen LogP contribution in [0.25, 0.3) is 11.5 Å². The Hall–Kier alpha value is -1.62. The van der Waals surface area contributed by atoms with Gasteiger partial charge in [-0.2, -0.15) is 4.98 Å². The van der Waals surface area contributed by atoms with Gasteiger partial charge in [-0.05, 0) is 37.4 Å². The van der Waals surface area contributed by atoms with Crippen molar-refractivity contribution in [3.63, 3.8) is 0 Å². The average Bonchev–Trinajstić information content (AvgIpc) is 2.90. The van der Waals surface area contributed by atoms with E-state index in [4.69, 9.17) is 4.52 Å². The van der Waals surface area contributed by atoms with Gasteiger partial charge in [0.05, 0.1) is 5.69 Å². The summed E-state index contributed by atoms with van der Waals surface area (Å²) in [5.74, 6) is 2.14. The van der Waals surface area contributed by atoms with Crippen molar-refractivity contribution in [3.05, 3.63) is 24.2 Å². The summed E-state index contributed by atoms with van der Waals surface area (Å²) in [6.07, 6.45) is 5.31. The molecule has 1 saturated carbocycles. The number of aromatic nitrogens is 3. The maximum atomic E-state index is 5.32. The minimum Gasteiger partial charge on any atom is -0.359 e. The van der Waals surface area contributed by atoms with E-state index in [0.29, 0.717) is 11.9 Å². The lowest BCUT2D eigenvalue weighted by Gasteiger charge is -2.14. The van der Waals surface area contributed by atoms with E-state index in [9.17, 15) is 0 Å². The Bertz CT molecular complexity index is 487. The lowest BCUT2D eigenvalue weighted by atomic mass is 10.1. The molecule has 2 aromatic heterocycles. The molecule has 3 rings (SSSR count). The van der Waals surface area contributed by atoms with Gasteiger partial charge in [-0.25, -0.2) is 0 Å². The number of nitrogens with zero attached hydrogens (tertiary/aromatic N) is 2. The van der Waals surface area contributed by atoms with E-state index in [-0.39, 0.29) is 0 Å². The fourth-order valence-electron chi connectivity index (χ4n) is 2.27. The van der Waals surface area contributed by atoms with Crippen molar-refractivity contribution in [1.82, 2.24) is 20.4 Å². The van der Waals surface area contributed by atoms with Crippen LogP contribution in [-0.2, 0) is 6.42 Å². The molecule has 96 valence electrons. The molecule has 1 unspecified atom stereocenters. The van der Waals surface area contributed by atoms with Crippen LogP contribution < -0.4 is 5.32 Å². The van der Waals surface area contributed by atoms with E-state index < -0.39 is 0 Å². The maximum absolute atomic E-state index is 5.32.